The van der Waals surface area contributed by atoms with E-state index in [4.69, 9.17) is 23.8 Å². The van der Waals surface area contributed by atoms with E-state index in [1.165, 1.54) is 11.3 Å². The van der Waals surface area contributed by atoms with Crippen molar-refractivity contribution in [2.75, 3.05) is 5.32 Å². The summed E-state index contributed by atoms with van der Waals surface area (Å²) in [5.74, 6) is -0.139. The van der Waals surface area contributed by atoms with Crippen LogP contribution in [0.15, 0.2) is 12.1 Å². The molecule has 2 aromatic rings. The van der Waals surface area contributed by atoms with E-state index in [1.807, 2.05) is 39.8 Å². The zero-order valence-corrected chi connectivity index (χ0v) is 14.6. The minimum Gasteiger partial charge on any atom is -0.308 e. The minimum absolute atomic E-state index is 0.139. The number of aryl methyl sites for hydroxylation is 1. The van der Waals surface area contributed by atoms with E-state index >= 15 is 0 Å². The average Bonchev–Trinajstić information content (AvgIpc) is 2.69. The molecule has 7 heteroatoms. The summed E-state index contributed by atoms with van der Waals surface area (Å²) in [6.45, 7) is 7.43. The van der Waals surface area contributed by atoms with Gasteiger partial charge in [0.2, 0.25) is 5.91 Å². The first-order valence-corrected chi connectivity index (χ1v) is 7.96. The zero-order valence-electron chi connectivity index (χ0n) is 12.2. The fourth-order valence-electron chi connectivity index (χ4n) is 1.52. The molecule has 0 bridgehead atoms. The van der Waals surface area contributed by atoms with Crippen LogP contribution in [0.1, 0.15) is 26.3 Å². The molecule has 0 saturated heterocycles. The Morgan fingerprint density at radius 3 is 2.67 bits per heavy atom. The number of nitrogens with zero attached hydrogens (tertiary/aromatic N) is 1. The summed E-state index contributed by atoms with van der Waals surface area (Å²) < 4.78 is 1.02. The number of anilines is 1. The lowest BCUT2D eigenvalue weighted by Gasteiger charge is -2.17. The number of thiazole rings is 1. The first kappa shape index (κ1) is 16.1. The second-order valence-corrected chi connectivity index (χ2v) is 7.59. The Balaban J connectivity index is 2.13. The first-order chi connectivity index (χ1) is 9.66. The molecule has 0 saturated carbocycles. The largest absolute Gasteiger partial charge is 0.308 e. The molecule has 0 radical (unpaired) electrons. The van der Waals surface area contributed by atoms with Crippen LogP contribution in [0.3, 0.4) is 0 Å². The van der Waals surface area contributed by atoms with Crippen molar-refractivity contribution in [3.05, 3.63) is 22.7 Å². The molecular formula is C14H16ClN3OS2. The summed E-state index contributed by atoms with van der Waals surface area (Å²) in [7, 11) is 0. The van der Waals surface area contributed by atoms with Gasteiger partial charge in [0.1, 0.15) is 0 Å². The van der Waals surface area contributed by atoms with E-state index in [1.54, 1.807) is 0 Å². The Kier molecular flexibility index (Phi) is 4.51. The predicted octanol–water partition coefficient (Wildman–Crippen LogP) is 4.12. The van der Waals surface area contributed by atoms with Gasteiger partial charge < -0.3 is 10.6 Å². The Morgan fingerprint density at radius 2 is 2.05 bits per heavy atom. The zero-order chi connectivity index (χ0) is 15.8. The summed E-state index contributed by atoms with van der Waals surface area (Å²) >= 11 is 12.7. The molecule has 4 nitrogen and oxygen atoms in total. The topological polar surface area (TPSA) is 54.0 Å². The minimum atomic E-state index is -0.496. The van der Waals surface area contributed by atoms with E-state index in [0.717, 1.165) is 15.8 Å². The fourth-order valence-corrected chi connectivity index (χ4v) is 2.88. The van der Waals surface area contributed by atoms with E-state index in [-0.39, 0.29) is 11.0 Å². The molecule has 1 amide bonds. The molecule has 1 heterocycles. The highest BCUT2D eigenvalue weighted by molar-refractivity contribution is 7.80. The van der Waals surface area contributed by atoms with Crippen LogP contribution in [0.2, 0.25) is 5.02 Å². The third-order valence-electron chi connectivity index (χ3n) is 2.80. The number of rotatable bonds is 1. The van der Waals surface area contributed by atoms with Crippen molar-refractivity contribution in [2.45, 2.75) is 27.7 Å². The Hall–Kier alpha value is -1.24. The summed E-state index contributed by atoms with van der Waals surface area (Å²) in [5.41, 5.74) is 1.32. The molecule has 2 N–H and O–H groups in total. The molecule has 2 rings (SSSR count). The van der Waals surface area contributed by atoms with Crippen LogP contribution >= 0.6 is 35.2 Å². The average molecular weight is 342 g/mol. The van der Waals surface area contributed by atoms with Gasteiger partial charge in [0.25, 0.3) is 0 Å². The number of aromatic nitrogens is 1. The molecule has 0 aliphatic heterocycles. The maximum absolute atomic E-state index is 11.9. The van der Waals surface area contributed by atoms with Crippen LogP contribution in [-0.4, -0.2) is 16.0 Å². The fraction of sp³-hybridized carbons (Fsp3) is 0.357. The molecule has 0 atom stereocenters. The SMILES string of the molecule is Cc1cc2sc(NC(=S)NC(=O)C(C)(C)C)nc2cc1Cl. The monoisotopic (exact) mass is 341 g/mol. The Bertz CT molecular complexity index is 680. The molecule has 0 aliphatic carbocycles. The summed E-state index contributed by atoms with van der Waals surface area (Å²) in [6.07, 6.45) is 0. The lowest BCUT2D eigenvalue weighted by molar-refractivity contribution is -0.126. The number of carbonyl (C=O) groups is 1. The first-order valence-electron chi connectivity index (χ1n) is 6.36. The van der Waals surface area contributed by atoms with E-state index in [9.17, 15) is 4.79 Å². The molecule has 112 valence electrons. The summed E-state index contributed by atoms with van der Waals surface area (Å²) in [5, 5.41) is 7.16. The normalized spacial score (nSPS) is 11.5. The van der Waals surface area contributed by atoms with Crippen molar-refractivity contribution in [1.29, 1.82) is 0 Å². The molecule has 0 unspecified atom stereocenters. The Labute approximate surface area is 137 Å². The van der Waals surface area contributed by atoms with Crippen LogP contribution in [-0.2, 0) is 4.79 Å². The van der Waals surface area contributed by atoms with Crippen molar-refractivity contribution in [2.24, 2.45) is 5.41 Å². The molecule has 1 aromatic heterocycles. The standard InChI is InChI=1S/C14H16ClN3OS2/c1-7-5-10-9(6-8(7)15)16-13(21-10)18-12(20)17-11(19)14(2,3)4/h5-6H,1-4H3,(H2,16,17,18,19,20). The summed E-state index contributed by atoms with van der Waals surface area (Å²) in [6, 6.07) is 3.81. The summed E-state index contributed by atoms with van der Waals surface area (Å²) in [4.78, 5) is 16.3. The van der Waals surface area contributed by atoms with Crippen molar-refractivity contribution in [3.8, 4) is 0 Å². The maximum atomic E-state index is 11.9. The molecule has 21 heavy (non-hydrogen) atoms. The van der Waals surface area contributed by atoms with Crippen molar-refractivity contribution >= 4 is 61.5 Å². The molecule has 1 aromatic carbocycles. The number of hydrogen-bond acceptors (Lipinski definition) is 4. The quantitative estimate of drug-likeness (QED) is 0.766. The van der Waals surface area contributed by atoms with E-state index in [2.05, 4.69) is 15.6 Å². The van der Waals surface area contributed by atoms with Crippen molar-refractivity contribution in [1.82, 2.24) is 10.3 Å². The van der Waals surface area contributed by atoms with Gasteiger partial charge in [-0.25, -0.2) is 4.98 Å². The molecule has 0 spiro atoms. The van der Waals surface area contributed by atoms with Gasteiger partial charge in [0.05, 0.1) is 10.2 Å². The highest BCUT2D eigenvalue weighted by atomic mass is 35.5. The number of nitrogens with one attached hydrogen (secondary N) is 2. The second kappa shape index (κ2) is 5.87. The number of carbonyl (C=O) groups excluding carboxylic acids is 1. The van der Waals surface area contributed by atoms with Crippen LogP contribution in [0, 0.1) is 12.3 Å². The maximum Gasteiger partial charge on any atom is 0.231 e. The van der Waals surface area contributed by atoms with Gasteiger partial charge in [-0.3, -0.25) is 4.79 Å². The van der Waals surface area contributed by atoms with Gasteiger partial charge in [-0.1, -0.05) is 43.7 Å². The highest BCUT2D eigenvalue weighted by Gasteiger charge is 2.22. The van der Waals surface area contributed by atoms with Gasteiger partial charge in [-0.2, -0.15) is 0 Å². The number of benzene rings is 1. The lowest BCUT2D eigenvalue weighted by atomic mass is 9.96. The van der Waals surface area contributed by atoms with Crippen LogP contribution < -0.4 is 10.6 Å². The lowest BCUT2D eigenvalue weighted by Crippen LogP contribution is -2.41. The molecule has 0 aliphatic rings. The number of halogens is 1. The van der Waals surface area contributed by atoms with Crippen LogP contribution in [0.4, 0.5) is 5.13 Å². The van der Waals surface area contributed by atoms with Gasteiger partial charge >= 0.3 is 0 Å². The van der Waals surface area contributed by atoms with Gasteiger partial charge in [-0.15, -0.1) is 0 Å². The Morgan fingerprint density at radius 1 is 1.38 bits per heavy atom. The second-order valence-electron chi connectivity index (χ2n) is 5.75. The number of amides is 1. The third kappa shape index (κ3) is 3.90. The third-order valence-corrected chi connectivity index (χ3v) is 4.34. The van der Waals surface area contributed by atoms with Gasteiger partial charge in [0.15, 0.2) is 10.2 Å². The van der Waals surface area contributed by atoms with Crippen LogP contribution in [0.5, 0.6) is 0 Å². The van der Waals surface area contributed by atoms with Crippen LogP contribution in [0.25, 0.3) is 10.2 Å². The van der Waals surface area contributed by atoms with Gasteiger partial charge in [0, 0.05) is 10.4 Å². The van der Waals surface area contributed by atoms with Crippen molar-refractivity contribution < 1.29 is 4.79 Å². The molecule has 0 fully saturated rings. The van der Waals surface area contributed by atoms with E-state index < -0.39 is 5.41 Å². The smallest absolute Gasteiger partial charge is 0.231 e. The number of fused-ring (bicyclic) bond motifs is 1. The number of hydrogen-bond donors (Lipinski definition) is 2. The predicted molar refractivity (Wildman–Crippen MR) is 93.2 cm³/mol. The van der Waals surface area contributed by atoms with E-state index in [0.29, 0.717) is 10.2 Å². The van der Waals surface area contributed by atoms with Gasteiger partial charge in [-0.05, 0) is 36.8 Å². The highest BCUT2D eigenvalue weighted by Crippen LogP contribution is 2.30. The molecular weight excluding hydrogens is 326 g/mol. The van der Waals surface area contributed by atoms with Crippen molar-refractivity contribution in [3.63, 3.8) is 0 Å². The number of thiocarbonyl (C=S) groups is 1.